The number of nitrogens with one attached hydrogen (secondary N) is 2. The fourth-order valence-electron chi connectivity index (χ4n) is 3.30. The van der Waals surface area contributed by atoms with Gasteiger partial charge in [-0.25, -0.2) is 4.79 Å². The average molecular weight is 435 g/mol. The smallest absolute Gasteiger partial charge is 0.340 e. The van der Waals surface area contributed by atoms with Gasteiger partial charge in [0, 0.05) is 22.2 Å². The van der Waals surface area contributed by atoms with E-state index in [4.69, 9.17) is 9.47 Å². The molecule has 1 aromatic carbocycles. The van der Waals surface area contributed by atoms with Crippen LogP contribution in [0.1, 0.15) is 64.0 Å². The van der Waals surface area contributed by atoms with Crippen molar-refractivity contribution >= 4 is 27.8 Å². The van der Waals surface area contributed by atoms with Crippen LogP contribution in [0.15, 0.2) is 22.7 Å². The van der Waals surface area contributed by atoms with E-state index in [0.29, 0.717) is 35.5 Å². The summed E-state index contributed by atoms with van der Waals surface area (Å²) in [6.45, 7) is 7.65. The minimum Gasteiger partial charge on any atom is -0.493 e. The maximum absolute atomic E-state index is 12.9. The van der Waals surface area contributed by atoms with Gasteiger partial charge >= 0.3 is 5.97 Å². The number of carbonyl (C=O) groups is 2. The van der Waals surface area contributed by atoms with Gasteiger partial charge in [0.05, 0.1) is 24.3 Å². The van der Waals surface area contributed by atoms with Crippen LogP contribution < -0.4 is 10.1 Å². The van der Waals surface area contributed by atoms with Crippen molar-refractivity contribution in [3.8, 4) is 5.75 Å². The molecule has 3 rings (SSSR count). The van der Waals surface area contributed by atoms with Gasteiger partial charge in [-0.2, -0.15) is 0 Å². The third-order valence-corrected chi connectivity index (χ3v) is 5.02. The molecule has 1 unspecified atom stereocenters. The molecule has 1 aromatic heterocycles. The third-order valence-electron chi connectivity index (χ3n) is 4.53. The number of halogens is 1. The number of fused-ring (bicyclic) bond motifs is 1. The lowest BCUT2D eigenvalue weighted by Gasteiger charge is -2.27. The summed E-state index contributed by atoms with van der Waals surface area (Å²) in [4.78, 5) is 28.3. The zero-order valence-electron chi connectivity index (χ0n) is 15.8. The molecule has 144 valence electrons. The van der Waals surface area contributed by atoms with Gasteiger partial charge in [-0.05, 0) is 51.5 Å². The quantitative estimate of drug-likeness (QED) is 0.706. The summed E-state index contributed by atoms with van der Waals surface area (Å²) in [7, 11) is 0. The topological polar surface area (TPSA) is 80.4 Å². The lowest BCUT2D eigenvalue weighted by Crippen LogP contribution is -2.32. The van der Waals surface area contributed by atoms with E-state index in [9.17, 15) is 9.59 Å². The van der Waals surface area contributed by atoms with E-state index in [1.165, 1.54) is 0 Å². The van der Waals surface area contributed by atoms with Crippen molar-refractivity contribution in [2.24, 2.45) is 0 Å². The predicted molar refractivity (Wildman–Crippen MR) is 105 cm³/mol. The maximum Gasteiger partial charge on any atom is 0.340 e. The van der Waals surface area contributed by atoms with Gasteiger partial charge in [0.15, 0.2) is 0 Å². The minimum absolute atomic E-state index is 0.159. The second kappa shape index (κ2) is 7.76. The van der Waals surface area contributed by atoms with Gasteiger partial charge in [0.2, 0.25) is 0 Å². The Labute approximate surface area is 166 Å². The zero-order chi connectivity index (χ0) is 19.7. The molecule has 2 heterocycles. The van der Waals surface area contributed by atoms with E-state index in [-0.39, 0.29) is 18.1 Å². The highest BCUT2D eigenvalue weighted by atomic mass is 79.9. The Morgan fingerprint density at radius 1 is 1.33 bits per heavy atom. The number of aromatic amines is 1. The molecule has 2 aromatic rings. The molecule has 7 heteroatoms. The van der Waals surface area contributed by atoms with Crippen molar-refractivity contribution < 1.29 is 19.1 Å². The van der Waals surface area contributed by atoms with Gasteiger partial charge in [0.1, 0.15) is 11.4 Å². The summed E-state index contributed by atoms with van der Waals surface area (Å²) >= 11 is 3.46. The summed E-state index contributed by atoms with van der Waals surface area (Å²) in [5.74, 6) is 0.100. The number of ether oxygens (including phenoxy) is 2. The number of esters is 1. The highest BCUT2D eigenvalue weighted by Gasteiger charge is 2.27. The number of carbonyl (C=O) groups excluding carboxylic acids is 2. The SMILES string of the molecule is Cc1[nH]c(C(=O)NC2CCOc3ccc(Br)cc32)c(C)c1C(=O)OC(C)C. The van der Waals surface area contributed by atoms with E-state index in [2.05, 4.69) is 26.2 Å². The highest BCUT2D eigenvalue weighted by molar-refractivity contribution is 9.10. The molecule has 1 aliphatic heterocycles. The predicted octanol–water partition coefficient (Wildman–Crippen LogP) is 4.21. The molecule has 27 heavy (non-hydrogen) atoms. The van der Waals surface area contributed by atoms with Crippen LogP contribution in [-0.2, 0) is 4.74 Å². The first-order valence-corrected chi connectivity index (χ1v) is 9.70. The molecule has 0 spiro atoms. The Kier molecular flexibility index (Phi) is 5.60. The van der Waals surface area contributed by atoms with Gasteiger partial charge in [0.25, 0.3) is 5.91 Å². The second-order valence-electron chi connectivity index (χ2n) is 6.92. The summed E-state index contributed by atoms with van der Waals surface area (Å²) in [6.07, 6.45) is 0.455. The summed E-state index contributed by atoms with van der Waals surface area (Å²) in [5, 5.41) is 3.06. The molecule has 0 bridgehead atoms. The van der Waals surface area contributed by atoms with Crippen molar-refractivity contribution in [2.45, 2.75) is 46.3 Å². The molecule has 0 saturated heterocycles. The fraction of sp³-hybridized carbons (Fsp3) is 0.400. The van der Waals surface area contributed by atoms with E-state index >= 15 is 0 Å². The number of aromatic nitrogens is 1. The van der Waals surface area contributed by atoms with Crippen molar-refractivity contribution in [2.75, 3.05) is 6.61 Å². The molecular formula is C20H23BrN2O4. The van der Waals surface area contributed by atoms with Gasteiger partial charge < -0.3 is 19.8 Å². The first-order valence-electron chi connectivity index (χ1n) is 8.91. The van der Waals surface area contributed by atoms with Crippen molar-refractivity contribution in [1.29, 1.82) is 0 Å². The lowest BCUT2D eigenvalue weighted by molar-refractivity contribution is 0.0376. The maximum atomic E-state index is 12.9. The molecule has 1 atom stereocenters. The van der Waals surface area contributed by atoms with Crippen LogP contribution in [0, 0.1) is 13.8 Å². The number of rotatable bonds is 4. The van der Waals surface area contributed by atoms with Gasteiger partial charge in [-0.15, -0.1) is 0 Å². The van der Waals surface area contributed by atoms with Crippen molar-refractivity contribution in [3.63, 3.8) is 0 Å². The van der Waals surface area contributed by atoms with Crippen molar-refractivity contribution in [1.82, 2.24) is 10.3 Å². The average Bonchev–Trinajstić information content (AvgIpc) is 2.89. The molecule has 0 fully saturated rings. The summed E-state index contributed by atoms with van der Waals surface area (Å²) in [5.41, 5.74) is 2.95. The van der Waals surface area contributed by atoms with Crippen LogP contribution in [0.25, 0.3) is 0 Å². The fourth-order valence-corrected chi connectivity index (χ4v) is 3.68. The Morgan fingerprint density at radius 2 is 2.07 bits per heavy atom. The third kappa shape index (κ3) is 4.03. The zero-order valence-corrected chi connectivity index (χ0v) is 17.4. The molecule has 2 N–H and O–H groups in total. The molecule has 1 amide bonds. The largest absolute Gasteiger partial charge is 0.493 e. The second-order valence-corrected chi connectivity index (χ2v) is 7.84. The monoisotopic (exact) mass is 434 g/mol. The number of hydrogen-bond donors (Lipinski definition) is 2. The van der Waals surface area contributed by atoms with E-state index in [1.807, 2.05) is 18.2 Å². The van der Waals surface area contributed by atoms with Crippen LogP contribution in [0.5, 0.6) is 5.75 Å². The first-order chi connectivity index (χ1) is 12.8. The standard InChI is InChI=1S/C20H23BrN2O4/c1-10(2)27-20(25)17-11(3)18(22-12(17)4)19(24)23-15-7-8-26-16-6-5-13(21)9-14(15)16/h5-6,9-10,15,22H,7-8H2,1-4H3,(H,23,24). The lowest BCUT2D eigenvalue weighted by atomic mass is 10.00. The Hall–Kier alpha value is -2.28. The molecule has 0 aliphatic carbocycles. The summed E-state index contributed by atoms with van der Waals surface area (Å²) < 4.78 is 11.9. The summed E-state index contributed by atoms with van der Waals surface area (Å²) in [6, 6.07) is 5.60. The van der Waals surface area contributed by atoms with Gasteiger partial charge in [-0.3, -0.25) is 4.79 Å². The van der Waals surface area contributed by atoms with Crippen LogP contribution in [0.2, 0.25) is 0 Å². The molecule has 6 nitrogen and oxygen atoms in total. The molecule has 0 radical (unpaired) electrons. The van der Waals surface area contributed by atoms with E-state index < -0.39 is 5.97 Å². The molecule has 0 saturated carbocycles. The van der Waals surface area contributed by atoms with Crippen LogP contribution in [0.3, 0.4) is 0 Å². The van der Waals surface area contributed by atoms with Crippen LogP contribution >= 0.6 is 15.9 Å². The highest BCUT2D eigenvalue weighted by Crippen LogP contribution is 2.34. The number of amides is 1. The van der Waals surface area contributed by atoms with Crippen molar-refractivity contribution in [3.05, 3.63) is 50.8 Å². The Bertz CT molecular complexity index is 888. The number of benzene rings is 1. The Morgan fingerprint density at radius 3 is 2.78 bits per heavy atom. The molecule has 1 aliphatic rings. The van der Waals surface area contributed by atoms with E-state index in [0.717, 1.165) is 15.8 Å². The van der Waals surface area contributed by atoms with Gasteiger partial charge in [-0.1, -0.05) is 15.9 Å². The Balaban J connectivity index is 1.84. The number of H-pyrrole nitrogens is 1. The number of aryl methyl sites for hydroxylation is 1. The first kappa shape index (κ1) is 19.5. The minimum atomic E-state index is -0.421. The number of hydrogen-bond acceptors (Lipinski definition) is 4. The molecular weight excluding hydrogens is 412 g/mol. The van der Waals surface area contributed by atoms with Crippen LogP contribution in [-0.4, -0.2) is 29.6 Å². The van der Waals surface area contributed by atoms with Crippen LogP contribution in [0.4, 0.5) is 0 Å². The normalized spacial score (nSPS) is 15.9. The van der Waals surface area contributed by atoms with E-state index in [1.54, 1.807) is 27.7 Å².